The highest BCUT2D eigenvalue weighted by Gasteiger charge is 2.19. The van der Waals surface area contributed by atoms with E-state index in [2.05, 4.69) is 4.74 Å². The Labute approximate surface area is 78.9 Å². The highest BCUT2D eigenvalue weighted by atomic mass is 19.2. The van der Waals surface area contributed by atoms with Crippen LogP contribution in [-0.2, 0) is 0 Å². The van der Waals surface area contributed by atoms with Crippen LogP contribution in [0.25, 0.3) is 0 Å². The lowest BCUT2D eigenvalue weighted by molar-refractivity contribution is 0.0695. The topological polar surface area (TPSA) is 46.5 Å². The molecule has 1 aromatic rings. The van der Waals surface area contributed by atoms with Gasteiger partial charge in [0.2, 0.25) is 5.82 Å². The molecule has 0 aromatic heterocycles. The van der Waals surface area contributed by atoms with Gasteiger partial charge in [0, 0.05) is 5.56 Å². The number of rotatable bonds is 2. The maximum absolute atomic E-state index is 13.0. The molecular weight excluding hydrogens is 194 g/mol. The summed E-state index contributed by atoms with van der Waals surface area (Å²) in [6.07, 6.45) is 0. The van der Waals surface area contributed by atoms with Gasteiger partial charge in [0.15, 0.2) is 11.6 Å². The molecule has 0 amide bonds. The first-order valence-electron chi connectivity index (χ1n) is 3.75. The highest BCUT2D eigenvalue weighted by molar-refractivity contribution is 5.90. The van der Waals surface area contributed by atoms with Gasteiger partial charge in [-0.1, -0.05) is 0 Å². The van der Waals surface area contributed by atoms with Crippen molar-refractivity contribution < 1.29 is 23.4 Å². The first kappa shape index (κ1) is 10.4. The first-order chi connectivity index (χ1) is 6.49. The van der Waals surface area contributed by atoms with E-state index in [4.69, 9.17) is 5.11 Å². The molecule has 0 spiro atoms. The van der Waals surface area contributed by atoms with Crippen molar-refractivity contribution in [3.05, 3.63) is 28.8 Å². The lowest BCUT2D eigenvalue weighted by atomic mass is 10.1. The molecule has 0 fully saturated rings. The summed E-state index contributed by atoms with van der Waals surface area (Å²) in [5.41, 5.74) is -0.236. The van der Waals surface area contributed by atoms with Crippen LogP contribution >= 0.6 is 0 Å². The van der Waals surface area contributed by atoms with Crippen LogP contribution in [0.3, 0.4) is 0 Å². The summed E-state index contributed by atoms with van der Waals surface area (Å²) in [4.78, 5) is 10.6. The van der Waals surface area contributed by atoms with E-state index in [0.717, 1.165) is 7.11 Å². The Bertz CT molecular complexity index is 388. The van der Waals surface area contributed by atoms with Gasteiger partial charge >= 0.3 is 5.97 Å². The van der Waals surface area contributed by atoms with Crippen molar-refractivity contribution in [3.63, 3.8) is 0 Å². The Hall–Kier alpha value is -1.65. The molecule has 1 rings (SSSR count). The largest absolute Gasteiger partial charge is 0.493 e. The molecular formula is C9H8F2O3. The number of carboxylic acids is 1. The minimum absolute atomic E-state index is 0.0684. The van der Waals surface area contributed by atoms with E-state index in [0.29, 0.717) is 6.07 Å². The van der Waals surface area contributed by atoms with Crippen LogP contribution in [0.4, 0.5) is 8.78 Å². The standard InChI is InChI=1S/C9H8F2O3/c1-4-5(9(12)13)3-6(10)7(11)8(4)14-2/h3H,1-2H3,(H,12,13). The smallest absolute Gasteiger partial charge is 0.336 e. The maximum atomic E-state index is 13.0. The van der Waals surface area contributed by atoms with Gasteiger partial charge in [-0.15, -0.1) is 0 Å². The number of hydrogen-bond acceptors (Lipinski definition) is 2. The molecule has 0 saturated heterocycles. The highest BCUT2D eigenvalue weighted by Crippen LogP contribution is 2.27. The SMILES string of the molecule is COc1c(C)c(C(=O)O)cc(F)c1F. The summed E-state index contributed by atoms with van der Waals surface area (Å²) >= 11 is 0. The Kier molecular flexibility index (Phi) is 2.69. The number of carbonyl (C=O) groups is 1. The van der Waals surface area contributed by atoms with Crippen LogP contribution < -0.4 is 4.74 Å². The third-order valence-electron chi connectivity index (χ3n) is 1.86. The molecule has 0 unspecified atom stereocenters. The second kappa shape index (κ2) is 3.61. The van der Waals surface area contributed by atoms with Crippen molar-refractivity contribution in [1.82, 2.24) is 0 Å². The van der Waals surface area contributed by atoms with Gasteiger partial charge in [-0.05, 0) is 13.0 Å². The van der Waals surface area contributed by atoms with E-state index in [1.807, 2.05) is 0 Å². The molecule has 0 saturated carbocycles. The third-order valence-corrected chi connectivity index (χ3v) is 1.86. The molecule has 5 heteroatoms. The van der Waals surface area contributed by atoms with E-state index in [-0.39, 0.29) is 16.9 Å². The summed E-state index contributed by atoms with van der Waals surface area (Å²) in [5.74, 6) is -4.10. The number of hydrogen-bond donors (Lipinski definition) is 1. The average Bonchev–Trinajstić information content (AvgIpc) is 2.12. The molecule has 0 aliphatic heterocycles. The fourth-order valence-electron chi connectivity index (χ4n) is 1.16. The van der Waals surface area contributed by atoms with Crippen molar-refractivity contribution >= 4 is 5.97 Å². The van der Waals surface area contributed by atoms with Crippen LogP contribution in [0.1, 0.15) is 15.9 Å². The predicted octanol–water partition coefficient (Wildman–Crippen LogP) is 1.98. The second-order valence-corrected chi connectivity index (χ2v) is 2.68. The first-order valence-corrected chi connectivity index (χ1v) is 3.75. The zero-order valence-corrected chi connectivity index (χ0v) is 7.60. The van der Waals surface area contributed by atoms with E-state index in [9.17, 15) is 13.6 Å². The second-order valence-electron chi connectivity index (χ2n) is 2.68. The Morgan fingerprint density at radius 1 is 1.50 bits per heavy atom. The summed E-state index contributed by atoms with van der Waals surface area (Å²) in [5, 5.41) is 8.66. The van der Waals surface area contributed by atoms with Crippen LogP contribution in [-0.4, -0.2) is 18.2 Å². The number of methoxy groups -OCH3 is 1. The number of carboxylic acid groups (broad SMARTS) is 1. The lowest BCUT2D eigenvalue weighted by Gasteiger charge is -2.09. The Morgan fingerprint density at radius 3 is 2.50 bits per heavy atom. The van der Waals surface area contributed by atoms with Crippen molar-refractivity contribution in [1.29, 1.82) is 0 Å². The van der Waals surface area contributed by atoms with Crippen LogP contribution in [0, 0.1) is 18.6 Å². The van der Waals surface area contributed by atoms with Gasteiger partial charge in [-0.3, -0.25) is 0 Å². The van der Waals surface area contributed by atoms with Crippen LogP contribution in [0.15, 0.2) is 6.07 Å². The molecule has 0 bridgehead atoms. The molecule has 3 nitrogen and oxygen atoms in total. The van der Waals surface area contributed by atoms with Crippen LogP contribution in [0.5, 0.6) is 5.75 Å². The van der Waals surface area contributed by atoms with Crippen molar-refractivity contribution in [3.8, 4) is 5.75 Å². The summed E-state index contributed by atoms with van der Waals surface area (Å²) in [7, 11) is 1.15. The molecule has 76 valence electrons. The van der Waals surface area contributed by atoms with E-state index < -0.39 is 17.6 Å². The molecule has 0 radical (unpaired) electrons. The normalized spacial score (nSPS) is 10.0. The summed E-state index contributed by atoms with van der Waals surface area (Å²) in [6, 6.07) is 0.634. The monoisotopic (exact) mass is 202 g/mol. The molecule has 1 N–H and O–H groups in total. The minimum atomic E-state index is -1.32. The van der Waals surface area contributed by atoms with Gasteiger partial charge in [0.05, 0.1) is 12.7 Å². The Balaban J connectivity index is 3.50. The van der Waals surface area contributed by atoms with Gasteiger partial charge in [-0.2, -0.15) is 4.39 Å². The third kappa shape index (κ3) is 1.53. The van der Waals surface area contributed by atoms with E-state index in [1.54, 1.807) is 0 Å². The molecule has 0 atom stereocenters. The zero-order valence-electron chi connectivity index (χ0n) is 7.60. The van der Waals surface area contributed by atoms with Gasteiger partial charge in [0.1, 0.15) is 0 Å². The quantitative estimate of drug-likeness (QED) is 0.797. The fraction of sp³-hybridized carbons (Fsp3) is 0.222. The number of aromatic carboxylic acids is 1. The van der Waals surface area contributed by atoms with Crippen LogP contribution in [0.2, 0.25) is 0 Å². The van der Waals surface area contributed by atoms with Gasteiger partial charge in [0.25, 0.3) is 0 Å². The molecule has 14 heavy (non-hydrogen) atoms. The summed E-state index contributed by atoms with van der Waals surface area (Å²) < 4.78 is 30.4. The predicted molar refractivity (Wildman–Crippen MR) is 44.6 cm³/mol. The Morgan fingerprint density at radius 2 is 2.07 bits per heavy atom. The lowest BCUT2D eigenvalue weighted by Crippen LogP contribution is -2.05. The zero-order chi connectivity index (χ0) is 10.9. The van der Waals surface area contributed by atoms with Gasteiger partial charge < -0.3 is 9.84 Å². The minimum Gasteiger partial charge on any atom is -0.493 e. The molecule has 0 aliphatic carbocycles. The summed E-state index contributed by atoms with van der Waals surface area (Å²) in [6.45, 7) is 1.35. The van der Waals surface area contributed by atoms with Crippen molar-refractivity contribution in [2.24, 2.45) is 0 Å². The van der Waals surface area contributed by atoms with E-state index in [1.165, 1.54) is 6.92 Å². The van der Waals surface area contributed by atoms with Gasteiger partial charge in [-0.25, -0.2) is 9.18 Å². The maximum Gasteiger partial charge on any atom is 0.336 e. The van der Waals surface area contributed by atoms with Crippen molar-refractivity contribution in [2.75, 3.05) is 7.11 Å². The number of benzene rings is 1. The molecule has 1 aromatic carbocycles. The fourth-order valence-corrected chi connectivity index (χ4v) is 1.16. The van der Waals surface area contributed by atoms with E-state index >= 15 is 0 Å². The molecule has 0 heterocycles. The van der Waals surface area contributed by atoms with Crippen molar-refractivity contribution in [2.45, 2.75) is 6.92 Å². The average molecular weight is 202 g/mol. The number of ether oxygens (including phenoxy) is 1. The molecule has 0 aliphatic rings. The number of halogens is 2.